The summed E-state index contributed by atoms with van der Waals surface area (Å²) in [6, 6.07) is 4.09. The average molecular weight is 521 g/mol. The van der Waals surface area contributed by atoms with E-state index >= 15 is 0 Å². The topological polar surface area (TPSA) is 43.8 Å². The predicted molar refractivity (Wildman–Crippen MR) is 122 cm³/mol. The highest BCUT2D eigenvalue weighted by atomic mass is 127. The van der Waals surface area contributed by atoms with Gasteiger partial charge in [-0.1, -0.05) is 0 Å². The van der Waals surface area contributed by atoms with Gasteiger partial charge in [0.05, 0.1) is 17.2 Å². The van der Waals surface area contributed by atoms with E-state index in [0.29, 0.717) is 12.5 Å². The summed E-state index contributed by atoms with van der Waals surface area (Å²) in [5.74, 6) is -0.358. The summed E-state index contributed by atoms with van der Waals surface area (Å²) in [6.45, 7) is 5.14. The van der Waals surface area contributed by atoms with Crippen LogP contribution in [0, 0.1) is 24.5 Å². The number of hydrogen-bond acceptors (Lipinski definition) is 4. The molecule has 0 spiro atoms. The first-order valence-corrected chi connectivity index (χ1v) is 9.87. The number of aryl methyl sites for hydroxylation is 1. The molecule has 0 aliphatic carbocycles. The van der Waals surface area contributed by atoms with E-state index in [1.165, 1.54) is 12.1 Å². The number of thiazole rings is 1. The SMILES string of the molecule is CN=C(NCC1CCN(c2ccc(F)c(F)c2)C1)N(C)Cc1csc(C)n1.I. The molecule has 154 valence electrons. The van der Waals surface area contributed by atoms with Gasteiger partial charge >= 0.3 is 0 Å². The fourth-order valence-electron chi connectivity index (χ4n) is 3.33. The number of halogens is 3. The standard InChI is InChI=1S/C19H25F2N5S.HI/c1-13-24-15(12-27-13)11-25(3)19(22-2)23-9-14-6-7-26(10-14)16-4-5-17(20)18(21)8-16;/h4-5,8,12,14H,6-7,9-11H2,1-3H3,(H,22,23);1H. The largest absolute Gasteiger partial charge is 0.371 e. The zero-order valence-electron chi connectivity index (χ0n) is 16.3. The zero-order chi connectivity index (χ0) is 19.4. The monoisotopic (exact) mass is 521 g/mol. The molecule has 1 unspecified atom stereocenters. The third kappa shape index (κ3) is 5.76. The fourth-order valence-corrected chi connectivity index (χ4v) is 3.94. The number of rotatable bonds is 5. The van der Waals surface area contributed by atoms with Gasteiger partial charge in [0.2, 0.25) is 0 Å². The van der Waals surface area contributed by atoms with E-state index in [1.807, 2.05) is 14.0 Å². The maximum absolute atomic E-state index is 13.5. The number of benzene rings is 1. The molecule has 1 N–H and O–H groups in total. The van der Waals surface area contributed by atoms with Crippen LogP contribution in [-0.2, 0) is 6.54 Å². The van der Waals surface area contributed by atoms with Gasteiger partial charge in [-0.05, 0) is 31.4 Å². The van der Waals surface area contributed by atoms with Crippen LogP contribution in [0.2, 0.25) is 0 Å². The van der Waals surface area contributed by atoms with Gasteiger partial charge in [0, 0.05) is 50.9 Å². The van der Waals surface area contributed by atoms with Crippen molar-refractivity contribution in [2.45, 2.75) is 19.9 Å². The van der Waals surface area contributed by atoms with Crippen molar-refractivity contribution in [3.05, 3.63) is 45.9 Å². The van der Waals surface area contributed by atoms with Crippen molar-refractivity contribution in [2.75, 3.05) is 38.6 Å². The van der Waals surface area contributed by atoms with Gasteiger partial charge in [-0.3, -0.25) is 4.99 Å². The van der Waals surface area contributed by atoms with E-state index in [-0.39, 0.29) is 24.0 Å². The van der Waals surface area contributed by atoms with Crippen molar-refractivity contribution in [2.24, 2.45) is 10.9 Å². The molecule has 1 aliphatic rings. The van der Waals surface area contributed by atoms with Crippen LogP contribution in [-0.4, -0.2) is 49.6 Å². The molecule has 0 saturated carbocycles. The third-order valence-corrected chi connectivity index (χ3v) is 5.56. The molecule has 0 radical (unpaired) electrons. The van der Waals surface area contributed by atoms with Gasteiger partial charge in [-0.25, -0.2) is 13.8 Å². The van der Waals surface area contributed by atoms with Crippen LogP contribution in [0.4, 0.5) is 14.5 Å². The van der Waals surface area contributed by atoms with Crippen LogP contribution in [0.25, 0.3) is 0 Å². The number of nitrogens with zero attached hydrogens (tertiary/aromatic N) is 4. The lowest BCUT2D eigenvalue weighted by molar-refractivity contribution is 0.458. The van der Waals surface area contributed by atoms with Gasteiger partial charge < -0.3 is 15.1 Å². The first-order valence-electron chi connectivity index (χ1n) is 8.99. The van der Waals surface area contributed by atoms with E-state index in [4.69, 9.17) is 0 Å². The van der Waals surface area contributed by atoms with Gasteiger partial charge in [0.25, 0.3) is 0 Å². The molecular formula is C19H26F2IN5S. The molecule has 0 amide bonds. The Balaban J connectivity index is 0.00000280. The van der Waals surface area contributed by atoms with Crippen LogP contribution in [0.3, 0.4) is 0 Å². The number of aromatic nitrogens is 1. The molecule has 5 nitrogen and oxygen atoms in total. The highest BCUT2D eigenvalue weighted by Gasteiger charge is 2.24. The predicted octanol–water partition coefficient (Wildman–Crippen LogP) is 3.88. The Hall–Kier alpha value is -1.49. The fraction of sp³-hybridized carbons (Fsp3) is 0.474. The minimum absolute atomic E-state index is 0. The van der Waals surface area contributed by atoms with Crippen molar-refractivity contribution in [1.82, 2.24) is 15.2 Å². The third-order valence-electron chi connectivity index (χ3n) is 4.74. The van der Waals surface area contributed by atoms with Crippen LogP contribution in [0.1, 0.15) is 17.1 Å². The minimum atomic E-state index is -0.807. The van der Waals surface area contributed by atoms with Crippen LogP contribution in [0.5, 0.6) is 0 Å². The Bertz CT molecular complexity index is 813. The van der Waals surface area contributed by atoms with Crippen molar-refractivity contribution in [3.8, 4) is 0 Å². The number of hydrogen-bond donors (Lipinski definition) is 1. The summed E-state index contributed by atoms with van der Waals surface area (Å²) < 4.78 is 26.6. The second-order valence-electron chi connectivity index (χ2n) is 6.84. The Labute approximate surface area is 185 Å². The van der Waals surface area contributed by atoms with Crippen molar-refractivity contribution in [3.63, 3.8) is 0 Å². The summed E-state index contributed by atoms with van der Waals surface area (Å²) in [6.07, 6.45) is 0.998. The highest BCUT2D eigenvalue weighted by molar-refractivity contribution is 14.0. The van der Waals surface area contributed by atoms with E-state index in [0.717, 1.165) is 48.4 Å². The summed E-state index contributed by atoms with van der Waals surface area (Å²) >= 11 is 1.65. The molecule has 28 heavy (non-hydrogen) atoms. The lowest BCUT2D eigenvalue weighted by Crippen LogP contribution is -2.41. The van der Waals surface area contributed by atoms with Crippen molar-refractivity contribution < 1.29 is 8.78 Å². The van der Waals surface area contributed by atoms with E-state index < -0.39 is 11.6 Å². The second-order valence-corrected chi connectivity index (χ2v) is 7.90. The zero-order valence-corrected chi connectivity index (χ0v) is 19.4. The summed E-state index contributed by atoms with van der Waals surface area (Å²) in [7, 11) is 3.76. The molecule has 2 heterocycles. The Morgan fingerprint density at radius 1 is 1.39 bits per heavy atom. The number of guanidine groups is 1. The Kier molecular flexibility index (Phi) is 8.41. The van der Waals surface area contributed by atoms with Gasteiger partial charge in [0.15, 0.2) is 17.6 Å². The number of anilines is 1. The minimum Gasteiger partial charge on any atom is -0.371 e. The van der Waals surface area contributed by atoms with E-state index in [1.54, 1.807) is 24.5 Å². The quantitative estimate of drug-likeness (QED) is 0.369. The molecule has 1 fully saturated rings. The molecule has 1 saturated heterocycles. The average Bonchev–Trinajstić information content (AvgIpc) is 3.27. The highest BCUT2D eigenvalue weighted by Crippen LogP contribution is 2.25. The van der Waals surface area contributed by atoms with Gasteiger partial charge in [-0.15, -0.1) is 35.3 Å². The summed E-state index contributed by atoms with van der Waals surface area (Å²) in [4.78, 5) is 13.0. The maximum atomic E-state index is 13.5. The second kappa shape index (κ2) is 10.3. The first-order chi connectivity index (χ1) is 13.0. The first kappa shape index (κ1) is 22.8. The smallest absolute Gasteiger partial charge is 0.193 e. The molecule has 1 aromatic heterocycles. The van der Waals surface area contributed by atoms with Crippen LogP contribution in [0.15, 0.2) is 28.6 Å². The lowest BCUT2D eigenvalue weighted by atomic mass is 10.1. The molecule has 9 heteroatoms. The van der Waals surface area contributed by atoms with Crippen LogP contribution >= 0.6 is 35.3 Å². The number of aliphatic imine (C=N–C) groups is 1. The van der Waals surface area contributed by atoms with Gasteiger partial charge in [0.1, 0.15) is 0 Å². The molecule has 1 aromatic carbocycles. The Morgan fingerprint density at radius 3 is 2.82 bits per heavy atom. The lowest BCUT2D eigenvalue weighted by Gasteiger charge is -2.23. The maximum Gasteiger partial charge on any atom is 0.193 e. The van der Waals surface area contributed by atoms with Crippen LogP contribution < -0.4 is 10.2 Å². The molecule has 1 atom stereocenters. The van der Waals surface area contributed by atoms with Crippen molar-refractivity contribution in [1.29, 1.82) is 0 Å². The summed E-state index contributed by atoms with van der Waals surface area (Å²) in [5.41, 5.74) is 1.77. The number of nitrogens with one attached hydrogen (secondary N) is 1. The molecular weight excluding hydrogens is 495 g/mol. The molecule has 2 aromatic rings. The van der Waals surface area contributed by atoms with Crippen molar-refractivity contribution >= 4 is 47.0 Å². The molecule has 0 bridgehead atoms. The normalized spacial score (nSPS) is 16.8. The van der Waals surface area contributed by atoms with E-state index in [2.05, 4.69) is 30.5 Å². The molecule has 3 rings (SSSR count). The molecule has 1 aliphatic heterocycles. The Morgan fingerprint density at radius 2 is 2.18 bits per heavy atom. The summed E-state index contributed by atoms with van der Waals surface area (Å²) in [5, 5.41) is 6.55. The van der Waals surface area contributed by atoms with E-state index in [9.17, 15) is 8.78 Å². The van der Waals surface area contributed by atoms with Gasteiger partial charge in [-0.2, -0.15) is 0 Å².